The molecular formula is C9H22O6P2. The van der Waals surface area contributed by atoms with Gasteiger partial charge < -0.3 is 19.6 Å². The summed E-state index contributed by atoms with van der Waals surface area (Å²) >= 11 is 0. The van der Waals surface area contributed by atoms with Crippen LogP contribution in [0.2, 0.25) is 0 Å². The first-order chi connectivity index (χ1) is 7.93. The molecule has 6 nitrogen and oxygen atoms in total. The normalized spacial score (nSPS) is 26.7. The highest BCUT2D eigenvalue weighted by atomic mass is 31.1. The van der Waals surface area contributed by atoms with Crippen molar-refractivity contribution < 1.29 is 28.7 Å². The van der Waals surface area contributed by atoms with E-state index in [9.17, 15) is 0 Å². The predicted octanol–water partition coefficient (Wildman–Crippen LogP) is 1.70. The summed E-state index contributed by atoms with van der Waals surface area (Å²) in [7, 11) is -6.26. The van der Waals surface area contributed by atoms with Crippen LogP contribution in [0, 0.1) is 11.8 Å². The lowest BCUT2D eigenvalue weighted by Gasteiger charge is -2.24. The SMILES string of the molecule is C1CCC2CCCC2C1.O=[PH](O)O.O=[PH](O)O. The molecule has 0 aromatic heterocycles. The van der Waals surface area contributed by atoms with Crippen LogP contribution in [0.15, 0.2) is 0 Å². The monoisotopic (exact) mass is 288 g/mol. The summed E-state index contributed by atoms with van der Waals surface area (Å²) < 4.78 is 17.5. The molecule has 2 atom stereocenters. The van der Waals surface area contributed by atoms with Gasteiger partial charge in [-0.2, -0.15) is 0 Å². The molecule has 0 heterocycles. The van der Waals surface area contributed by atoms with Crippen LogP contribution in [0.5, 0.6) is 0 Å². The minimum Gasteiger partial charge on any atom is -0.326 e. The van der Waals surface area contributed by atoms with E-state index >= 15 is 0 Å². The third-order valence-electron chi connectivity index (χ3n) is 3.22. The summed E-state index contributed by atoms with van der Waals surface area (Å²) in [6, 6.07) is 0. The summed E-state index contributed by atoms with van der Waals surface area (Å²) in [5.41, 5.74) is 0. The van der Waals surface area contributed by atoms with Gasteiger partial charge >= 0.3 is 16.5 Å². The quantitative estimate of drug-likeness (QED) is 0.504. The minimum absolute atomic E-state index is 1.17. The van der Waals surface area contributed by atoms with Crippen LogP contribution in [-0.4, -0.2) is 19.6 Å². The van der Waals surface area contributed by atoms with Crippen molar-refractivity contribution in [2.75, 3.05) is 0 Å². The minimum atomic E-state index is -3.13. The van der Waals surface area contributed by atoms with E-state index in [2.05, 4.69) is 0 Å². The summed E-state index contributed by atoms with van der Waals surface area (Å²) in [4.78, 5) is 28.6. The molecule has 0 aliphatic heterocycles. The second-order valence-electron chi connectivity index (χ2n) is 4.30. The summed E-state index contributed by atoms with van der Waals surface area (Å²) in [5.74, 6) is 2.33. The van der Waals surface area contributed by atoms with Crippen LogP contribution in [0.4, 0.5) is 0 Å². The van der Waals surface area contributed by atoms with Crippen molar-refractivity contribution in [1.29, 1.82) is 0 Å². The molecule has 0 amide bonds. The van der Waals surface area contributed by atoms with Crippen LogP contribution >= 0.6 is 16.5 Å². The van der Waals surface area contributed by atoms with Crippen molar-refractivity contribution in [3.05, 3.63) is 0 Å². The van der Waals surface area contributed by atoms with Gasteiger partial charge in [0.2, 0.25) is 0 Å². The number of fused-ring (bicyclic) bond motifs is 1. The molecule has 0 saturated heterocycles. The highest BCUT2D eigenvalue weighted by molar-refractivity contribution is 7.31. The molecule has 0 aromatic carbocycles. The van der Waals surface area contributed by atoms with Crippen LogP contribution in [0.25, 0.3) is 0 Å². The summed E-state index contributed by atoms with van der Waals surface area (Å²) in [6.45, 7) is 0. The zero-order chi connectivity index (χ0) is 13.3. The molecule has 2 saturated carbocycles. The zero-order valence-corrected chi connectivity index (χ0v) is 11.7. The second kappa shape index (κ2) is 10.2. The molecule has 2 fully saturated rings. The Bertz CT molecular complexity index is 216. The van der Waals surface area contributed by atoms with Gasteiger partial charge in [0.25, 0.3) is 0 Å². The number of hydrogen-bond donors (Lipinski definition) is 4. The average molecular weight is 288 g/mol. The van der Waals surface area contributed by atoms with Crippen molar-refractivity contribution in [1.82, 2.24) is 0 Å². The van der Waals surface area contributed by atoms with Crippen molar-refractivity contribution in [3.63, 3.8) is 0 Å². The van der Waals surface area contributed by atoms with E-state index in [1.807, 2.05) is 0 Å². The van der Waals surface area contributed by atoms with Gasteiger partial charge in [-0.3, -0.25) is 9.13 Å². The van der Waals surface area contributed by atoms with Crippen molar-refractivity contribution in [2.45, 2.75) is 44.9 Å². The van der Waals surface area contributed by atoms with Crippen molar-refractivity contribution >= 4 is 16.5 Å². The third kappa shape index (κ3) is 11.1. The van der Waals surface area contributed by atoms with E-state index < -0.39 is 16.5 Å². The van der Waals surface area contributed by atoms with Gasteiger partial charge in [0.1, 0.15) is 0 Å². The standard InChI is InChI=1S/C9H16.2H3O3P/c1-2-5-9-7-3-6-8(9)4-1;2*1-4(2)3/h8-9H,1-7H2;2*4H,(H2,1,2,3). The van der Waals surface area contributed by atoms with Gasteiger partial charge in [-0.15, -0.1) is 0 Å². The average Bonchev–Trinajstić information content (AvgIpc) is 2.62. The second-order valence-corrected chi connectivity index (χ2v) is 5.43. The van der Waals surface area contributed by atoms with Crippen molar-refractivity contribution in [2.24, 2.45) is 11.8 Å². The van der Waals surface area contributed by atoms with E-state index in [1.54, 1.807) is 25.7 Å². The fourth-order valence-corrected chi connectivity index (χ4v) is 2.69. The molecular weight excluding hydrogens is 266 g/mol. The molecule has 17 heavy (non-hydrogen) atoms. The highest BCUT2D eigenvalue weighted by Gasteiger charge is 2.28. The first kappa shape index (κ1) is 17.3. The summed E-state index contributed by atoms with van der Waals surface area (Å²) in [5, 5.41) is 0. The highest BCUT2D eigenvalue weighted by Crippen LogP contribution is 2.41. The third-order valence-corrected chi connectivity index (χ3v) is 3.22. The largest absolute Gasteiger partial charge is 0.326 e. The molecule has 2 rings (SSSR count). The van der Waals surface area contributed by atoms with E-state index in [-0.39, 0.29) is 0 Å². The van der Waals surface area contributed by atoms with E-state index in [0.717, 1.165) is 0 Å². The lowest BCUT2D eigenvalue weighted by atomic mass is 9.82. The zero-order valence-electron chi connectivity index (χ0n) is 9.71. The molecule has 0 bridgehead atoms. The topological polar surface area (TPSA) is 115 Å². The lowest BCUT2D eigenvalue weighted by Crippen LogP contribution is -2.12. The van der Waals surface area contributed by atoms with Gasteiger partial charge in [-0.1, -0.05) is 44.9 Å². The molecule has 8 heteroatoms. The molecule has 4 N–H and O–H groups in total. The first-order valence-corrected chi connectivity index (χ1v) is 8.37. The first-order valence-electron chi connectivity index (χ1n) is 5.77. The molecule has 2 unspecified atom stereocenters. The Kier molecular flexibility index (Phi) is 10.4. The van der Waals surface area contributed by atoms with Crippen molar-refractivity contribution in [3.8, 4) is 0 Å². The van der Waals surface area contributed by atoms with Gasteiger partial charge in [-0.05, 0) is 11.8 Å². The Morgan fingerprint density at radius 1 is 0.647 bits per heavy atom. The smallest absolute Gasteiger partial charge is 0.314 e. The Morgan fingerprint density at radius 2 is 0.882 bits per heavy atom. The summed E-state index contributed by atoms with van der Waals surface area (Å²) in [6.07, 6.45) is 10.8. The van der Waals surface area contributed by atoms with Gasteiger partial charge in [0.15, 0.2) is 0 Å². The lowest BCUT2D eigenvalue weighted by molar-refractivity contribution is 0.277. The van der Waals surface area contributed by atoms with Crippen LogP contribution in [-0.2, 0) is 9.13 Å². The number of rotatable bonds is 0. The van der Waals surface area contributed by atoms with Gasteiger partial charge in [0, 0.05) is 0 Å². The molecule has 2 aliphatic rings. The van der Waals surface area contributed by atoms with E-state index in [4.69, 9.17) is 28.7 Å². The molecule has 104 valence electrons. The van der Waals surface area contributed by atoms with Crippen LogP contribution < -0.4 is 0 Å². The Hall–Kier alpha value is 0.300. The van der Waals surface area contributed by atoms with E-state index in [0.29, 0.717) is 0 Å². The Morgan fingerprint density at radius 3 is 1.18 bits per heavy atom. The van der Waals surface area contributed by atoms with Crippen LogP contribution in [0.1, 0.15) is 44.9 Å². The maximum absolute atomic E-state index is 8.74. The molecule has 0 radical (unpaired) electrons. The van der Waals surface area contributed by atoms with Gasteiger partial charge in [0.05, 0.1) is 0 Å². The maximum atomic E-state index is 8.74. The molecule has 2 aliphatic carbocycles. The van der Waals surface area contributed by atoms with Crippen LogP contribution in [0.3, 0.4) is 0 Å². The van der Waals surface area contributed by atoms with Gasteiger partial charge in [-0.25, -0.2) is 0 Å². The Labute approximate surface area is 103 Å². The maximum Gasteiger partial charge on any atom is 0.314 e. The molecule has 0 aromatic rings. The fourth-order valence-electron chi connectivity index (χ4n) is 2.69. The predicted molar refractivity (Wildman–Crippen MR) is 66.2 cm³/mol. The fraction of sp³-hybridized carbons (Fsp3) is 1.00. The van der Waals surface area contributed by atoms with E-state index in [1.165, 1.54) is 31.1 Å². The Balaban J connectivity index is 0.000000274. The number of hydrogen-bond acceptors (Lipinski definition) is 2. The molecule has 0 spiro atoms.